The molecule has 7 heteroatoms. The minimum atomic E-state index is -1.03. The second-order valence-electron chi connectivity index (χ2n) is 4.62. The predicted molar refractivity (Wildman–Crippen MR) is 80.7 cm³/mol. The Labute approximate surface area is 132 Å². The standard InChI is InChI=1S/C13H13Br2NO4/c1-6-4-7(14)11(8(15)5-6)16-12(17)9-2-3-10(20-9)13(18)19/h4-5,9-10H,2-3H2,1H3,(H,16,17)(H,18,19)/t9-,10+/m0/s1. The third-order valence-corrected chi connectivity index (χ3v) is 4.27. The Kier molecular flexibility index (Phi) is 4.82. The van der Waals surface area contributed by atoms with Crippen LogP contribution >= 0.6 is 31.9 Å². The van der Waals surface area contributed by atoms with Crippen LogP contribution in [0.2, 0.25) is 0 Å². The minimum absolute atomic E-state index is 0.334. The Morgan fingerprint density at radius 1 is 1.25 bits per heavy atom. The van der Waals surface area contributed by atoms with Gasteiger partial charge in [0.2, 0.25) is 0 Å². The first-order chi connectivity index (χ1) is 9.38. The molecule has 1 fully saturated rings. The zero-order valence-corrected chi connectivity index (χ0v) is 13.8. The molecular formula is C13H13Br2NO4. The molecule has 0 spiro atoms. The first kappa shape index (κ1) is 15.5. The summed E-state index contributed by atoms with van der Waals surface area (Å²) in [7, 11) is 0. The maximum absolute atomic E-state index is 12.1. The van der Waals surface area contributed by atoms with Crippen molar-refractivity contribution in [2.24, 2.45) is 0 Å². The van der Waals surface area contributed by atoms with Gasteiger partial charge in [0, 0.05) is 8.95 Å². The van der Waals surface area contributed by atoms with Crippen molar-refractivity contribution in [1.82, 2.24) is 0 Å². The molecule has 108 valence electrons. The lowest BCUT2D eigenvalue weighted by Crippen LogP contribution is -2.30. The monoisotopic (exact) mass is 405 g/mol. The molecule has 2 N–H and O–H groups in total. The molecule has 0 radical (unpaired) electrons. The lowest BCUT2D eigenvalue weighted by atomic mass is 10.2. The second kappa shape index (κ2) is 6.24. The molecule has 1 saturated heterocycles. The van der Waals surface area contributed by atoms with E-state index in [1.54, 1.807) is 0 Å². The van der Waals surface area contributed by atoms with E-state index in [-0.39, 0.29) is 5.91 Å². The number of carboxylic acid groups (broad SMARTS) is 1. The van der Waals surface area contributed by atoms with Gasteiger partial charge in [-0.05, 0) is 69.3 Å². The average molecular weight is 407 g/mol. The van der Waals surface area contributed by atoms with Crippen LogP contribution in [0.15, 0.2) is 21.1 Å². The van der Waals surface area contributed by atoms with Crippen molar-refractivity contribution in [2.45, 2.75) is 32.0 Å². The van der Waals surface area contributed by atoms with Gasteiger partial charge in [-0.1, -0.05) is 0 Å². The number of amides is 1. The van der Waals surface area contributed by atoms with E-state index >= 15 is 0 Å². The Morgan fingerprint density at radius 3 is 2.30 bits per heavy atom. The SMILES string of the molecule is Cc1cc(Br)c(NC(=O)[C@@H]2CC[C@H](C(=O)O)O2)c(Br)c1. The highest BCUT2D eigenvalue weighted by atomic mass is 79.9. The predicted octanol–water partition coefficient (Wildman–Crippen LogP) is 3.09. The van der Waals surface area contributed by atoms with E-state index in [0.29, 0.717) is 18.5 Å². The maximum Gasteiger partial charge on any atom is 0.332 e. The summed E-state index contributed by atoms with van der Waals surface area (Å²) in [6.07, 6.45) is -0.861. The van der Waals surface area contributed by atoms with E-state index in [0.717, 1.165) is 14.5 Å². The molecule has 1 amide bonds. The average Bonchev–Trinajstić information content (AvgIpc) is 2.83. The van der Waals surface area contributed by atoms with Crippen molar-refractivity contribution in [2.75, 3.05) is 5.32 Å². The van der Waals surface area contributed by atoms with E-state index in [4.69, 9.17) is 9.84 Å². The molecule has 2 rings (SSSR count). The molecule has 1 heterocycles. The molecule has 0 bridgehead atoms. The van der Waals surface area contributed by atoms with Gasteiger partial charge in [-0.2, -0.15) is 0 Å². The Balaban J connectivity index is 2.08. The topological polar surface area (TPSA) is 75.6 Å². The Bertz CT molecular complexity index is 538. The summed E-state index contributed by atoms with van der Waals surface area (Å²) in [5, 5.41) is 11.6. The maximum atomic E-state index is 12.1. The van der Waals surface area contributed by atoms with E-state index in [1.165, 1.54) is 0 Å². The van der Waals surface area contributed by atoms with Gasteiger partial charge in [0.05, 0.1) is 5.69 Å². The van der Waals surface area contributed by atoms with Crippen LogP contribution in [0, 0.1) is 6.92 Å². The smallest absolute Gasteiger partial charge is 0.332 e. The van der Waals surface area contributed by atoms with Crippen LogP contribution in [-0.4, -0.2) is 29.2 Å². The number of hydrogen-bond donors (Lipinski definition) is 2. The highest BCUT2D eigenvalue weighted by Gasteiger charge is 2.35. The number of carbonyl (C=O) groups excluding carboxylic acids is 1. The number of nitrogens with one attached hydrogen (secondary N) is 1. The fourth-order valence-corrected chi connectivity index (χ4v) is 3.65. The van der Waals surface area contributed by atoms with Gasteiger partial charge < -0.3 is 15.2 Å². The highest BCUT2D eigenvalue weighted by Crippen LogP contribution is 2.33. The quantitative estimate of drug-likeness (QED) is 0.808. The Hall–Kier alpha value is -0.920. The van der Waals surface area contributed by atoms with Gasteiger partial charge in [-0.25, -0.2) is 4.79 Å². The number of rotatable bonds is 3. The zero-order valence-electron chi connectivity index (χ0n) is 10.7. The molecule has 5 nitrogen and oxygen atoms in total. The van der Waals surface area contributed by atoms with Crippen molar-refractivity contribution >= 4 is 49.4 Å². The number of aryl methyl sites for hydroxylation is 1. The summed E-state index contributed by atoms with van der Waals surface area (Å²) >= 11 is 6.78. The minimum Gasteiger partial charge on any atom is -0.479 e. The summed E-state index contributed by atoms with van der Waals surface area (Å²) in [5.41, 5.74) is 1.66. The molecule has 1 aliphatic rings. The van der Waals surface area contributed by atoms with Crippen LogP contribution in [-0.2, 0) is 14.3 Å². The number of halogens is 2. The largest absolute Gasteiger partial charge is 0.479 e. The van der Waals surface area contributed by atoms with Crippen LogP contribution in [0.5, 0.6) is 0 Å². The number of ether oxygens (including phenoxy) is 1. The normalized spacial score (nSPS) is 21.8. The first-order valence-electron chi connectivity index (χ1n) is 6.03. The molecule has 0 aliphatic carbocycles. The number of hydrogen-bond acceptors (Lipinski definition) is 3. The first-order valence-corrected chi connectivity index (χ1v) is 7.62. The lowest BCUT2D eigenvalue weighted by Gasteiger charge is -2.14. The summed E-state index contributed by atoms with van der Waals surface area (Å²) in [5.74, 6) is -1.36. The van der Waals surface area contributed by atoms with E-state index in [2.05, 4.69) is 37.2 Å². The molecule has 2 atom stereocenters. The Morgan fingerprint density at radius 2 is 1.80 bits per heavy atom. The van der Waals surface area contributed by atoms with Crippen LogP contribution in [0.3, 0.4) is 0 Å². The van der Waals surface area contributed by atoms with Gasteiger partial charge >= 0.3 is 5.97 Å². The highest BCUT2D eigenvalue weighted by molar-refractivity contribution is 9.11. The molecule has 1 aromatic rings. The molecule has 1 aliphatic heterocycles. The fraction of sp³-hybridized carbons (Fsp3) is 0.385. The van der Waals surface area contributed by atoms with Crippen molar-refractivity contribution < 1.29 is 19.4 Å². The van der Waals surface area contributed by atoms with Crippen molar-refractivity contribution in [3.05, 3.63) is 26.6 Å². The van der Waals surface area contributed by atoms with Crippen LogP contribution in [0.1, 0.15) is 18.4 Å². The number of anilines is 1. The molecular weight excluding hydrogens is 394 g/mol. The molecule has 0 aromatic heterocycles. The van der Waals surface area contributed by atoms with Crippen molar-refractivity contribution in [1.29, 1.82) is 0 Å². The number of carbonyl (C=O) groups is 2. The number of benzene rings is 1. The van der Waals surface area contributed by atoms with Crippen LogP contribution < -0.4 is 5.32 Å². The zero-order chi connectivity index (χ0) is 14.9. The van der Waals surface area contributed by atoms with E-state index < -0.39 is 18.2 Å². The molecule has 0 saturated carbocycles. The summed E-state index contributed by atoms with van der Waals surface area (Å²) in [4.78, 5) is 22.9. The molecule has 1 aromatic carbocycles. The van der Waals surface area contributed by atoms with Gasteiger partial charge in [-0.3, -0.25) is 4.79 Å². The van der Waals surface area contributed by atoms with Crippen molar-refractivity contribution in [3.63, 3.8) is 0 Å². The molecule has 20 heavy (non-hydrogen) atoms. The number of aliphatic carboxylic acids is 1. The third-order valence-electron chi connectivity index (χ3n) is 3.02. The third kappa shape index (κ3) is 3.39. The van der Waals surface area contributed by atoms with Gasteiger partial charge in [0.1, 0.15) is 6.10 Å². The summed E-state index contributed by atoms with van der Waals surface area (Å²) in [6, 6.07) is 3.77. The fourth-order valence-electron chi connectivity index (χ4n) is 2.03. The van der Waals surface area contributed by atoms with E-state index in [1.807, 2.05) is 19.1 Å². The number of carboxylic acids is 1. The van der Waals surface area contributed by atoms with Crippen LogP contribution in [0.4, 0.5) is 5.69 Å². The van der Waals surface area contributed by atoms with Gasteiger partial charge in [-0.15, -0.1) is 0 Å². The van der Waals surface area contributed by atoms with Gasteiger partial charge in [0.25, 0.3) is 5.91 Å². The summed E-state index contributed by atoms with van der Waals surface area (Å²) in [6.45, 7) is 1.94. The second-order valence-corrected chi connectivity index (χ2v) is 6.33. The van der Waals surface area contributed by atoms with Gasteiger partial charge in [0.15, 0.2) is 6.10 Å². The van der Waals surface area contributed by atoms with Crippen molar-refractivity contribution in [3.8, 4) is 0 Å². The molecule has 0 unspecified atom stereocenters. The van der Waals surface area contributed by atoms with E-state index in [9.17, 15) is 9.59 Å². The van der Waals surface area contributed by atoms with Crippen LogP contribution in [0.25, 0.3) is 0 Å². The summed E-state index contributed by atoms with van der Waals surface area (Å²) < 4.78 is 6.73. The lowest BCUT2D eigenvalue weighted by molar-refractivity contribution is -0.150.